The van der Waals surface area contributed by atoms with Crippen LogP contribution in [0, 0.1) is 5.82 Å². The lowest BCUT2D eigenvalue weighted by atomic mass is 10.2. The summed E-state index contributed by atoms with van der Waals surface area (Å²) < 4.78 is 24.3. The summed E-state index contributed by atoms with van der Waals surface area (Å²) in [5, 5.41) is 0. The Balaban J connectivity index is 1.31. The van der Waals surface area contributed by atoms with Gasteiger partial charge in [-0.1, -0.05) is 30.3 Å². The van der Waals surface area contributed by atoms with E-state index in [0.29, 0.717) is 17.9 Å². The minimum absolute atomic E-state index is 0.114. The van der Waals surface area contributed by atoms with Crippen LogP contribution >= 0.6 is 0 Å². The molecule has 0 N–H and O–H groups in total. The lowest BCUT2D eigenvalue weighted by Gasteiger charge is -2.35. The second-order valence-electron chi connectivity index (χ2n) is 7.09. The number of ether oxygens (including phenoxy) is 1. The van der Waals surface area contributed by atoms with E-state index < -0.39 is 0 Å². The van der Waals surface area contributed by atoms with E-state index >= 15 is 0 Å². The topological polar surface area (TPSA) is 45.9 Å². The van der Waals surface area contributed by atoms with Gasteiger partial charge in [0.15, 0.2) is 0 Å². The molecule has 1 aliphatic heterocycles. The normalized spacial score (nSPS) is 14.7. The summed E-state index contributed by atoms with van der Waals surface area (Å²) in [5.74, 6) is 0.411. The molecule has 1 aromatic heterocycles. The quantitative estimate of drug-likeness (QED) is 0.638. The van der Waals surface area contributed by atoms with Crippen LogP contribution in [0.25, 0.3) is 0 Å². The Morgan fingerprint density at radius 2 is 1.76 bits per heavy atom. The third-order valence-electron chi connectivity index (χ3n) is 5.01. The number of rotatable bonds is 6. The Morgan fingerprint density at radius 3 is 2.48 bits per heavy atom. The lowest BCUT2D eigenvalue weighted by molar-refractivity contribution is 0.224. The van der Waals surface area contributed by atoms with Gasteiger partial charge in [-0.15, -0.1) is 0 Å². The fourth-order valence-electron chi connectivity index (χ4n) is 3.44. The Hall–Kier alpha value is -3.12. The van der Waals surface area contributed by atoms with E-state index in [2.05, 4.69) is 21.9 Å². The van der Waals surface area contributed by atoms with Crippen LogP contribution in [-0.2, 0) is 13.2 Å². The molecule has 6 heteroatoms. The molecule has 29 heavy (non-hydrogen) atoms. The van der Waals surface area contributed by atoms with Crippen molar-refractivity contribution < 1.29 is 13.5 Å². The molecule has 0 amide bonds. The largest absolute Gasteiger partial charge is 0.482 e. The van der Waals surface area contributed by atoms with Gasteiger partial charge in [-0.3, -0.25) is 9.69 Å². The number of hydrogen-bond acceptors (Lipinski definition) is 5. The van der Waals surface area contributed by atoms with Crippen molar-refractivity contribution in [3.05, 3.63) is 94.3 Å². The number of para-hydroxylation sites is 1. The number of benzene rings is 2. The standard InChI is InChI=1S/C23H23FN2O3/c24-19-6-4-5-18(13-19)16-29-23-17-28-21(14-22(23)27)15-25-9-11-26(12-10-25)20-7-2-1-3-8-20/h1-8,13-14,17H,9-12,15-16H2. The van der Waals surface area contributed by atoms with E-state index in [0.717, 1.165) is 26.2 Å². The van der Waals surface area contributed by atoms with E-state index in [-0.39, 0.29) is 23.6 Å². The molecule has 150 valence electrons. The monoisotopic (exact) mass is 394 g/mol. The molecule has 0 aliphatic carbocycles. The summed E-state index contributed by atoms with van der Waals surface area (Å²) in [6, 6.07) is 17.9. The van der Waals surface area contributed by atoms with Crippen molar-refractivity contribution in [1.29, 1.82) is 0 Å². The minimum Gasteiger partial charge on any atom is -0.482 e. The Kier molecular flexibility index (Phi) is 5.91. The van der Waals surface area contributed by atoms with Gasteiger partial charge < -0.3 is 14.1 Å². The van der Waals surface area contributed by atoms with Crippen molar-refractivity contribution in [2.75, 3.05) is 31.1 Å². The molecule has 2 heterocycles. The van der Waals surface area contributed by atoms with Gasteiger partial charge >= 0.3 is 0 Å². The molecular weight excluding hydrogens is 371 g/mol. The van der Waals surface area contributed by atoms with Crippen LogP contribution in [0.4, 0.5) is 10.1 Å². The number of anilines is 1. The van der Waals surface area contributed by atoms with E-state index in [4.69, 9.17) is 9.15 Å². The first-order chi connectivity index (χ1) is 14.2. The molecule has 0 radical (unpaired) electrons. The molecule has 0 atom stereocenters. The summed E-state index contributed by atoms with van der Waals surface area (Å²) in [6.07, 6.45) is 1.34. The van der Waals surface area contributed by atoms with Crippen molar-refractivity contribution in [2.45, 2.75) is 13.2 Å². The Morgan fingerprint density at radius 1 is 0.966 bits per heavy atom. The highest BCUT2D eigenvalue weighted by atomic mass is 19.1. The fraction of sp³-hybridized carbons (Fsp3) is 0.261. The Bertz CT molecular complexity index is 998. The molecule has 1 fully saturated rings. The number of nitrogens with zero attached hydrogens (tertiary/aromatic N) is 2. The van der Waals surface area contributed by atoms with Gasteiger partial charge in [-0.05, 0) is 29.8 Å². The Labute approximate surface area is 168 Å². The first kappa shape index (κ1) is 19.2. The molecule has 0 unspecified atom stereocenters. The van der Waals surface area contributed by atoms with Crippen molar-refractivity contribution >= 4 is 5.69 Å². The fourth-order valence-corrected chi connectivity index (χ4v) is 3.44. The maximum Gasteiger partial charge on any atom is 0.227 e. The average molecular weight is 394 g/mol. The second-order valence-corrected chi connectivity index (χ2v) is 7.09. The van der Waals surface area contributed by atoms with Crippen LogP contribution in [0.5, 0.6) is 5.75 Å². The summed E-state index contributed by atoms with van der Waals surface area (Å²) >= 11 is 0. The average Bonchev–Trinajstić information content (AvgIpc) is 2.74. The van der Waals surface area contributed by atoms with Gasteiger partial charge in [0.05, 0.1) is 6.54 Å². The summed E-state index contributed by atoms with van der Waals surface area (Å²) in [6.45, 7) is 4.37. The molecule has 1 saturated heterocycles. The molecule has 3 aromatic rings. The molecule has 4 rings (SSSR count). The highest BCUT2D eigenvalue weighted by molar-refractivity contribution is 5.46. The molecule has 2 aromatic carbocycles. The lowest BCUT2D eigenvalue weighted by Crippen LogP contribution is -2.46. The molecule has 0 spiro atoms. The van der Waals surface area contributed by atoms with Gasteiger partial charge in [0.25, 0.3) is 0 Å². The van der Waals surface area contributed by atoms with Crippen LogP contribution in [0.15, 0.2) is 76.1 Å². The van der Waals surface area contributed by atoms with Crippen LogP contribution in [0.2, 0.25) is 0 Å². The van der Waals surface area contributed by atoms with E-state index in [1.165, 1.54) is 30.1 Å². The third-order valence-corrected chi connectivity index (χ3v) is 5.01. The molecule has 0 saturated carbocycles. The molecule has 1 aliphatic rings. The third kappa shape index (κ3) is 5.03. The number of halogens is 1. The predicted molar refractivity (Wildman–Crippen MR) is 110 cm³/mol. The SMILES string of the molecule is O=c1cc(CN2CCN(c3ccccc3)CC2)occ1OCc1cccc(F)c1. The van der Waals surface area contributed by atoms with Gasteiger partial charge in [0, 0.05) is 37.9 Å². The zero-order chi connectivity index (χ0) is 20.1. The highest BCUT2D eigenvalue weighted by Crippen LogP contribution is 2.17. The first-order valence-corrected chi connectivity index (χ1v) is 9.69. The van der Waals surface area contributed by atoms with Crippen molar-refractivity contribution in [3.63, 3.8) is 0 Å². The van der Waals surface area contributed by atoms with Crippen molar-refractivity contribution in [3.8, 4) is 5.75 Å². The number of piperazine rings is 1. The van der Waals surface area contributed by atoms with Crippen molar-refractivity contribution in [2.24, 2.45) is 0 Å². The highest BCUT2D eigenvalue weighted by Gasteiger charge is 2.18. The van der Waals surface area contributed by atoms with Gasteiger partial charge in [0.2, 0.25) is 11.2 Å². The predicted octanol–water partition coefficient (Wildman–Crippen LogP) is 3.68. The maximum absolute atomic E-state index is 13.2. The zero-order valence-corrected chi connectivity index (χ0v) is 16.1. The van der Waals surface area contributed by atoms with E-state index in [9.17, 15) is 9.18 Å². The van der Waals surface area contributed by atoms with Crippen LogP contribution in [0.1, 0.15) is 11.3 Å². The zero-order valence-electron chi connectivity index (χ0n) is 16.1. The van der Waals surface area contributed by atoms with Crippen LogP contribution in [0.3, 0.4) is 0 Å². The first-order valence-electron chi connectivity index (χ1n) is 9.69. The maximum atomic E-state index is 13.2. The van der Waals surface area contributed by atoms with Gasteiger partial charge in [0.1, 0.15) is 24.4 Å². The van der Waals surface area contributed by atoms with Crippen LogP contribution in [-0.4, -0.2) is 31.1 Å². The molecular formula is C23H23FN2O3. The van der Waals surface area contributed by atoms with Gasteiger partial charge in [-0.25, -0.2) is 4.39 Å². The second kappa shape index (κ2) is 8.92. The minimum atomic E-state index is -0.333. The van der Waals surface area contributed by atoms with Crippen LogP contribution < -0.4 is 15.1 Å². The molecule has 5 nitrogen and oxygen atoms in total. The van der Waals surface area contributed by atoms with Gasteiger partial charge in [-0.2, -0.15) is 0 Å². The smallest absolute Gasteiger partial charge is 0.227 e. The van der Waals surface area contributed by atoms with E-state index in [1.54, 1.807) is 12.1 Å². The molecule has 0 bridgehead atoms. The number of hydrogen-bond donors (Lipinski definition) is 0. The van der Waals surface area contributed by atoms with E-state index in [1.807, 2.05) is 18.2 Å². The summed E-state index contributed by atoms with van der Waals surface area (Å²) in [5.41, 5.74) is 1.66. The summed E-state index contributed by atoms with van der Waals surface area (Å²) in [7, 11) is 0. The van der Waals surface area contributed by atoms with Crippen molar-refractivity contribution in [1.82, 2.24) is 4.90 Å². The summed E-state index contributed by atoms with van der Waals surface area (Å²) in [4.78, 5) is 16.9.